The molecule has 0 radical (unpaired) electrons. The highest BCUT2D eigenvalue weighted by molar-refractivity contribution is 9.10. The van der Waals surface area contributed by atoms with Crippen molar-refractivity contribution in [1.29, 1.82) is 0 Å². The van der Waals surface area contributed by atoms with Crippen LogP contribution in [0.3, 0.4) is 0 Å². The molecule has 0 spiro atoms. The van der Waals surface area contributed by atoms with Crippen LogP contribution in [0.2, 0.25) is 0 Å². The van der Waals surface area contributed by atoms with Gasteiger partial charge in [-0.2, -0.15) is 4.31 Å². The fraction of sp³-hybridized carbons (Fsp3) is 0.462. The summed E-state index contributed by atoms with van der Waals surface area (Å²) in [6.07, 6.45) is 2.20. The van der Waals surface area contributed by atoms with Crippen LogP contribution in [-0.2, 0) is 14.8 Å². The summed E-state index contributed by atoms with van der Waals surface area (Å²) in [6, 6.07) is 5.94. The Kier molecular flexibility index (Phi) is 4.82. The topological polar surface area (TPSA) is 66.5 Å². The zero-order chi connectivity index (χ0) is 14.8. The zero-order valence-electron chi connectivity index (χ0n) is 11.2. The van der Waals surface area contributed by atoms with Crippen molar-refractivity contribution in [1.82, 2.24) is 9.62 Å². The number of carbonyl (C=O) groups excluding carboxylic acids is 1. The molecule has 0 saturated carbocycles. The summed E-state index contributed by atoms with van der Waals surface area (Å²) in [4.78, 5) is 12.1. The summed E-state index contributed by atoms with van der Waals surface area (Å²) in [7, 11) is -2.12. The molecule has 1 heterocycles. The first-order valence-corrected chi connectivity index (χ1v) is 8.69. The van der Waals surface area contributed by atoms with Crippen molar-refractivity contribution >= 4 is 31.9 Å². The van der Waals surface area contributed by atoms with Gasteiger partial charge in [0, 0.05) is 18.1 Å². The Bertz CT molecular complexity index is 603. The fourth-order valence-electron chi connectivity index (χ4n) is 2.38. The Balaban J connectivity index is 2.38. The maximum absolute atomic E-state index is 12.7. The molecule has 1 aliphatic heterocycles. The molecule has 1 atom stereocenters. The molecule has 2 rings (SSSR count). The number of sulfonamides is 1. The van der Waals surface area contributed by atoms with E-state index in [-0.39, 0.29) is 10.8 Å². The highest BCUT2D eigenvalue weighted by Gasteiger charge is 2.37. The van der Waals surface area contributed by atoms with Gasteiger partial charge in [0.05, 0.1) is 4.90 Å². The van der Waals surface area contributed by atoms with Gasteiger partial charge in [0.2, 0.25) is 15.9 Å². The number of rotatable bonds is 3. The lowest BCUT2D eigenvalue weighted by Gasteiger charge is -2.33. The second kappa shape index (κ2) is 6.24. The largest absolute Gasteiger partial charge is 0.358 e. The van der Waals surface area contributed by atoms with Crippen LogP contribution in [0, 0.1) is 0 Å². The zero-order valence-corrected chi connectivity index (χ0v) is 13.6. The average Bonchev–Trinajstić information content (AvgIpc) is 2.46. The Hall–Kier alpha value is -0.920. The average molecular weight is 361 g/mol. The van der Waals surface area contributed by atoms with E-state index in [0.29, 0.717) is 17.4 Å². The number of halogens is 1. The van der Waals surface area contributed by atoms with Gasteiger partial charge < -0.3 is 5.32 Å². The summed E-state index contributed by atoms with van der Waals surface area (Å²) >= 11 is 3.27. The van der Waals surface area contributed by atoms with Crippen LogP contribution in [0.25, 0.3) is 0 Å². The van der Waals surface area contributed by atoms with Gasteiger partial charge in [-0.3, -0.25) is 4.79 Å². The molecule has 0 bridgehead atoms. The van der Waals surface area contributed by atoms with Crippen LogP contribution in [0.4, 0.5) is 0 Å². The lowest BCUT2D eigenvalue weighted by Crippen LogP contribution is -2.51. The lowest BCUT2D eigenvalue weighted by molar-refractivity contribution is -0.125. The fourth-order valence-corrected chi connectivity index (χ4v) is 4.64. The van der Waals surface area contributed by atoms with Gasteiger partial charge in [-0.15, -0.1) is 0 Å². The van der Waals surface area contributed by atoms with Crippen LogP contribution in [-0.4, -0.2) is 38.3 Å². The lowest BCUT2D eigenvalue weighted by atomic mass is 10.0. The maximum Gasteiger partial charge on any atom is 0.243 e. The van der Waals surface area contributed by atoms with Crippen molar-refractivity contribution in [2.75, 3.05) is 13.6 Å². The molecule has 1 fully saturated rings. The molecule has 1 aromatic rings. The van der Waals surface area contributed by atoms with E-state index < -0.39 is 16.1 Å². The van der Waals surface area contributed by atoms with Gasteiger partial charge in [0.1, 0.15) is 6.04 Å². The van der Waals surface area contributed by atoms with Gasteiger partial charge in [-0.25, -0.2) is 8.42 Å². The summed E-state index contributed by atoms with van der Waals surface area (Å²) < 4.78 is 27.4. The number of amides is 1. The van der Waals surface area contributed by atoms with Crippen molar-refractivity contribution in [3.05, 3.63) is 28.7 Å². The quantitative estimate of drug-likeness (QED) is 0.892. The normalized spacial score (nSPS) is 20.6. The second-order valence-corrected chi connectivity index (χ2v) is 7.51. The minimum absolute atomic E-state index is 0.211. The number of carbonyl (C=O) groups is 1. The van der Waals surface area contributed by atoms with Crippen molar-refractivity contribution in [3.63, 3.8) is 0 Å². The summed E-state index contributed by atoms with van der Waals surface area (Å²) in [6.45, 7) is 0.382. The van der Waals surface area contributed by atoms with E-state index in [1.54, 1.807) is 24.3 Å². The molecule has 1 N–H and O–H groups in total. The van der Waals surface area contributed by atoms with E-state index in [2.05, 4.69) is 21.2 Å². The van der Waals surface area contributed by atoms with E-state index >= 15 is 0 Å². The monoisotopic (exact) mass is 360 g/mol. The first-order chi connectivity index (χ1) is 9.46. The van der Waals surface area contributed by atoms with E-state index in [4.69, 9.17) is 0 Å². The molecule has 20 heavy (non-hydrogen) atoms. The number of likely N-dealkylation sites (N-methyl/N-ethyl adjacent to an activating group) is 1. The Morgan fingerprint density at radius 2 is 2.15 bits per heavy atom. The number of piperidine rings is 1. The molecular formula is C13H17BrN2O3S. The van der Waals surface area contributed by atoms with Crippen LogP contribution < -0.4 is 5.32 Å². The van der Waals surface area contributed by atoms with E-state index in [1.807, 2.05) is 0 Å². The van der Waals surface area contributed by atoms with Crippen molar-refractivity contribution < 1.29 is 13.2 Å². The standard InChI is InChI=1S/C13H17BrN2O3S/c1-15-13(17)12-7-2-3-8-16(12)20(18,19)11-6-4-5-10(14)9-11/h4-6,9,12H,2-3,7-8H2,1H3,(H,15,17). The van der Waals surface area contributed by atoms with Crippen molar-refractivity contribution in [3.8, 4) is 0 Å². The number of nitrogens with one attached hydrogen (secondary N) is 1. The molecule has 1 aromatic carbocycles. The molecular weight excluding hydrogens is 344 g/mol. The first kappa shape index (κ1) is 15.5. The van der Waals surface area contributed by atoms with Gasteiger partial charge in [0.25, 0.3) is 0 Å². The van der Waals surface area contributed by atoms with E-state index in [9.17, 15) is 13.2 Å². The van der Waals surface area contributed by atoms with Crippen LogP contribution in [0.15, 0.2) is 33.6 Å². The van der Waals surface area contributed by atoms with Gasteiger partial charge in [0.15, 0.2) is 0 Å². The predicted molar refractivity (Wildman–Crippen MR) is 79.7 cm³/mol. The minimum Gasteiger partial charge on any atom is -0.358 e. The molecule has 0 aliphatic carbocycles. The van der Waals surface area contributed by atoms with Gasteiger partial charge in [-0.05, 0) is 31.0 Å². The molecule has 1 amide bonds. The van der Waals surface area contributed by atoms with Gasteiger partial charge in [-0.1, -0.05) is 28.4 Å². The first-order valence-electron chi connectivity index (χ1n) is 6.46. The molecule has 0 aromatic heterocycles. The molecule has 5 nitrogen and oxygen atoms in total. The van der Waals surface area contributed by atoms with Crippen molar-refractivity contribution in [2.45, 2.75) is 30.2 Å². The molecule has 7 heteroatoms. The third-order valence-electron chi connectivity index (χ3n) is 3.41. The summed E-state index contributed by atoms with van der Waals surface area (Å²) in [5.41, 5.74) is 0. The smallest absolute Gasteiger partial charge is 0.243 e. The number of benzene rings is 1. The highest BCUT2D eigenvalue weighted by Crippen LogP contribution is 2.26. The van der Waals surface area contributed by atoms with Crippen LogP contribution in [0.5, 0.6) is 0 Å². The third-order valence-corrected chi connectivity index (χ3v) is 5.80. The van der Waals surface area contributed by atoms with E-state index in [1.165, 1.54) is 11.4 Å². The van der Waals surface area contributed by atoms with Crippen molar-refractivity contribution in [2.24, 2.45) is 0 Å². The summed E-state index contributed by atoms with van der Waals surface area (Å²) in [5.74, 6) is -0.247. The van der Waals surface area contributed by atoms with Crippen LogP contribution in [0.1, 0.15) is 19.3 Å². The Morgan fingerprint density at radius 3 is 2.80 bits per heavy atom. The molecule has 110 valence electrons. The number of hydrogen-bond donors (Lipinski definition) is 1. The summed E-state index contributed by atoms with van der Waals surface area (Å²) in [5, 5.41) is 2.55. The van der Waals surface area contributed by atoms with Gasteiger partial charge >= 0.3 is 0 Å². The highest BCUT2D eigenvalue weighted by atomic mass is 79.9. The molecule has 1 saturated heterocycles. The van der Waals surface area contributed by atoms with Crippen LogP contribution >= 0.6 is 15.9 Å². The Labute approximate surface area is 127 Å². The second-order valence-electron chi connectivity index (χ2n) is 4.70. The molecule has 1 aliphatic rings. The predicted octanol–water partition coefficient (Wildman–Crippen LogP) is 1.74. The number of hydrogen-bond acceptors (Lipinski definition) is 3. The Morgan fingerprint density at radius 1 is 1.40 bits per heavy atom. The minimum atomic E-state index is -3.65. The SMILES string of the molecule is CNC(=O)C1CCCCN1S(=O)(=O)c1cccc(Br)c1. The maximum atomic E-state index is 12.7. The molecule has 1 unspecified atom stereocenters. The third kappa shape index (κ3) is 3.05. The van der Waals surface area contributed by atoms with E-state index in [0.717, 1.165) is 12.8 Å². The number of nitrogens with zero attached hydrogens (tertiary/aromatic N) is 1.